The van der Waals surface area contributed by atoms with E-state index in [2.05, 4.69) is 5.32 Å². The van der Waals surface area contributed by atoms with E-state index in [0.29, 0.717) is 12.3 Å². The van der Waals surface area contributed by atoms with Crippen molar-refractivity contribution < 1.29 is 19.7 Å². The minimum absolute atomic E-state index is 0.136. The molecule has 0 bridgehead atoms. The van der Waals surface area contributed by atoms with Gasteiger partial charge in [-0.1, -0.05) is 62.4 Å². The highest BCUT2D eigenvalue weighted by molar-refractivity contribution is 5.67. The minimum Gasteiger partial charge on any atom is -0.445 e. The first-order valence-corrected chi connectivity index (χ1v) is 8.48. The van der Waals surface area contributed by atoms with Crippen molar-refractivity contribution >= 4 is 6.09 Å². The minimum atomic E-state index is -1.29. The van der Waals surface area contributed by atoms with Gasteiger partial charge in [-0.05, 0) is 24.3 Å². The number of hydrogen-bond donors (Lipinski definition) is 3. The maximum absolute atomic E-state index is 11.6. The summed E-state index contributed by atoms with van der Waals surface area (Å²) >= 11 is 0. The lowest BCUT2D eigenvalue weighted by Gasteiger charge is -2.24. The van der Waals surface area contributed by atoms with Gasteiger partial charge in [0.25, 0.3) is 0 Å². The Morgan fingerprint density at radius 3 is 2.57 bits per heavy atom. The van der Waals surface area contributed by atoms with Gasteiger partial charge >= 0.3 is 6.09 Å². The molecule has 2 atom stereocenters. The summed E-state index contributed by atoms with van der Waals surface area (Å²) < 4.78 is 5.02. The predicted molar refractivity (Wildman–Crippen MR) is 87.6 cm³/mol. The molecule has 23 heavy (non-hydrogen) atoms. The van der Waals surface area contributed by atoms with E-state index in [-0.39, 0.29) is 6.61 Å². The van der Waals surface area contributed by atoms with E-state index < -0.39 is 18.4 Å². The molecule has 0 aromatic heterocycles. The standard InChI is InChI=1S/C18H27NO4/c20-16(12-11-14-7-3-1-4-8-14)17(21)19-18(22)23-13-15-9-5-2-6-10-15/h2,5-6,9-10,14,16-17,20-21H,1,3-4,7-8,11-13H2,(H,19,22). The van der Waals surface area contributed by atoms with Crippen molar-refractivity contribution in [3.63, 3.8) is 0 Å². The van der Waals surface area contributed by atoms with Crippen molar-refractivity contribution in [2.45, 2.75) is 63.9 Å². The Hall–Kier alpha value is -1.59. The molecule has 1 aliphatic rings. The second kappa shape index (κ2) is 9.53. The molecule has 5 nitrogen and oxygen atoms in total. The van der Waals surface area contributed by atoms with Gasteiger partial charge in [0.05, 0.1) is 6.10 Å². The number of aliphatic hydroxyl groups excluding tert-OH is 2. The SMILES string of the molecule is O=C(NC(O)C(O)CCC1CCCCC1)OCc1ccccc1. The third kappa shape index (κ3) is 6.59. The molecule has 0 radical (unpaired) electrons. The third-order valence-corrected chi connectivity index (χ3v) is 4.44. The first kappa shape index (κ1) is 17.8. The zero-order valence-corrected chi connectivity index (χ0v) is 13.5. The molecule has 1 fully saturated rings. The van der Waals surface area contributed by atoms with Crippen LogP contribution in [0.25, 0.3) is 0 Å². The van der Waals surface area contributed by atoms with Crippen LogP contribution in [0, 0.1) is 5.92 Å². The van der Waals surface area contributed by atoms with E-state index in [1.807, 2.05) is 30.3 Å². The second-order valence-corrected chi connectivity index (χ2v) is 6.30. The summed E-state index contributed by atoms with van der Waals surface area (Å²) in [5.41, 5.74) is 0.870. The number of aliphatic hydroxyl groups is 2. The molecular weight excluding hydrogens is 294 g/mol. The summed E-state index contributed by atoms with van der Waals surface area (Å²) in [6.45, 7) is 0.136. The molecule has 1 aromatic carbocycles. The molecule has 1 saturated carbocycles. The number of hydrogen-bond acceptors (Lipinski definition) is 4. The van der Waals surface area contributed by atoms with Crippen LogP contribution in [0.1, 0.15) is 50.5 Å². The van der Waals surface area contributed by atoms with Gasteiger partial charge in [-0.25, -0.2) is 4.79 Å². The van der Waals surface area contributed by atoms with Crippen LogP contribution >= 0.6 is 0 Å². The number of amides is 1. The maximum Gasteiger partial charge on any atom is 0.409 e. The molecule has 2 unspecified atom stereocenters. The van der Waals surface area contributed by atoms with Gasteiger partial charge in [-0.15, -0.1) is 0 Å². The Bertz CT molecular complexity index is 459. The Labute approximate surface area is 137 Å². The van der Waals surface area contributed by atoms with E-state index in [1.165, 1.54) is 32.1 Å². The molecule has 1 amide bonds. The number of benzene rings is 1. The van der Waals surface area contributed by atoms with E-state index in [1.54, 1.807) is 0 Å². The molecule has 1 aliphatic carbocycles. The molecule has 1 aromatic rings. The number of nitrogens with one attached hydrogen (secondary N) is 1. The Balaban J connectivity index is 1.63. The average molecular weight is 321 g/mol. The van der Waals surface area contributed by atoms with Crippen LogP contribution in [-0.4, -0.2) is 28.6 Å². The molecular formula is C18H27NO4. The van der Waals surface area contributed by atoms with Crippen molar-refractivity contribution in [2.24, 2.45) is 5.92 Å². The zero-order valence-electron chi connectivity index (χ0n) is 13.5. The van der Waals surface area contributed by atoms with Crippen LogP contribution in [0.15, 0.2) is 30.3 Å². The van der Waals surface area contributed by atoms with Crippen LogP contribution in [0.3, 0.4) is 0 Å². The number of ether oxygens (including phenoxy) is 1. The smallest absolute Gasteiger partial charge is 0.409 e. The molecule has 5 heteroatoms. The van der Waals surface area contributed by atoms with E-state index in [4.69, 9.17) is 4.74 Å². The highest BCUT2D eigenvalue weighted by Gasteiger charge is 2.21. The predicted octanol–water partition coefficient (Wildman–Crippen LogP) is 2.95. The Morgan fingerprint density at radius 1 is 1.17 bits per heavy atom. The lowest BCUT2D eigenvalue weighted by atomic mass is 9.85. The fourth-order valence-corrected chi connectivity index (χ4v) is 3.02. The number of alkyl carbamates (subject to hydrolysis) is 1. The first-order chi connectivity index (χ1) is 11.1. The first-order valence-electron chi connectivity index (χ1n) is 8.48. The van der Waals surface area contributed by atoms with Crippen LogP contribution in [0.5, 0.6) is 0 Å². The van der Waals surface area contributed by atoms with Crippen molar-refractivity contribution in [1.82, 2.24) is 5.32 Å². The third-order valence-electron chi connectivity index (χ3n) is 4.44. The van der Waals surface area contributed by atoms with E-state index in [0.717, 1.165) is 12.0 Å². The summed E-state index contributed by atoms with van der Waals surface area (Å²) in [7, 11) is 0. The van der Waals surface area contributed by atoms with Crippen molar-refractivity contribution in [1.29, 1.82) is 0 Å². The topological polar surface area (TPSA) is 78.8 Å². The largest absolute Gasteiger partial charge is 0.445 e. The van der Waals surface area contributed by atoms with Crippen molar-refractivity contribution in [3.8, 4) is 0 Å². The molecule has 128 valence electrons. The van der Waals surface area contributed by atoms with Crippen LogP contribution in [-0.2, 0) is 11.3 Å². The van der Waals surface area contributed by atoms with E-state index >= 15 is 0 Å². The molecule has 0 heterocycles. The number of carbonyl (C=O) groups is 1. The average Bonchev–Trinajstić information content (AvgIpc) is 2.59. The highest BCUT2D eigenvalue weighted by Crippen LogP contribution is 2.27. The van der Waals surface area contributed by atoms with E-state index in [9.17, 15) is 15.0 Å². The van der Waals surface area contributed by atoms with Crippen LogP contribution in [0.4, 0.5) is 4.79 Å². The fourth-order valence-electron chi connectivity index (χ4n) is 3.02. The van der Waals surface area contributed by atoms with Gasteiger partial charge in [-0.2, -0.15) is 0 Å². The second-order valence-electron chi connectivity index (χ2n) is 6.30. The summed E-state index contributed by atoms with van der Waals surface area (Å²) in [6, 6.07) is 9.31. The van der Waals surface area contributed by atoms with Gasteiger partial charge in [0.15, 0.2) is 6.23 Å². The van der Waals surface area contributed by atoms with Gasteiger partial charge in [0, 0.05) is 0 Å². The van der Waals surface area contributed by atoms with Crippen LogP contribution in [0.2, 0.25) is 0 Å². The quantitative estimate of drug-likeness (QED) is 0.675. The Kier molecular flexibility index (Phi) is 7.36. The highest BCUT2D eigenvalue weighted by atomic mass is 16.6. The van der Waals surface area contributed by atoms with Gasteiger partial charge in [0.1, 0.15) is 6.61 Å². The molecule has 3 N–H and O–H groups in total. The van der Waals surface area contributed by atoms with Crippen molar-refractivity contribution in [3.05, 3.63) is 35.9 Å². The fraction of sp³-hybridized carbons (Fsp3) is 0.611. The molecule has 0 aliphatic heterocycles. The van der Waals surface area contributed by atoms with Crippen LogP contribution < -0.4 is 5.32 Å². The van der Waals surface area contributed by atoms with Crippen molar-refractivity contribution in [2.75, 3.05) is 0 Å². The monoisotopic (exact) mass is 321 g/mol. The summed E-state index contributed by atoms with van der Waals surface area (Å²) in [4.78, 5) is 11.6. The number of rotatable bonds is 7. The maximum atomic E-state index is 11.6. The number of carbonyl (C=O) groups excluding carboxylic acids is 1. The van der Waals surface area contributed by atoms with Gasteiger partial charge < -0.3 is 14.9 Å². The summed E-state index contributed by atoms with van der Waals surface area (Å²) in [6.07, 6.45) is 4.63. The zero-order chi connectivity index (χ0) is 16.5. The normalized spacial score (nSPS) is 18.2. The van der Waals surface area contributed by atoms with Gasteiger partial charge in [-0.3, -0.25) is 5.32 Å². The lowest BCUT2D eigenvalue weighted by molar-refractivity contribution is -0.0105. The summed E-state index contributed by atoms with van der Waals surface area (Å²) in [5.74, 6) is 0.635. The molecule has 2 rings (SSSR count). The van der Waals surface area contributed by atoms with Gasteiger partial charge in [0.2, 0.25) is 0 Å². The molecule has 0 saturated heterocycles. The Morgan fingerprint density at radius 2 is 1.87 bits per heavy atom. The summed E-state index contributed by atoms with van der Waals surface area (Å²) in [5, 5.41) is 22.1. The molecule has 0 spiro atoms. The lowest BCUT2D eigenvalue weighted by Crippen LogP contribution is -2.43.